The Kier molecular flexibility index (Phi) is 4.58. The summed E-state index contributed by atoms with van der Waals surface area (Å²) < 4.78 is 11.7. The molecule has 1 aliphatic heterocycles. The topological polar surface area (TPSA) is 30.5 Å². The molecule has 0 bridgehead atoms. The van der Waals surface area contributed by atoms with E-state index in [0.29, 0.717) is 12.6 Å². The van der Waals surface area contributed by atoms with Crippen molar-refractivity contribution in [1.82, 2.24) is 5.32 Å². The first kappa shape index (κ1) is 13.9. The minimum absolute atomic E-state index is 0.278. The van der Waals surface area contributed by atoms with E-state index in [2.05, 4.69) is 23.5 Å². The van der Waals surface area contributed by atoms with Gasteiger partial charge in [0.1, 0.15) is 12.4 Å². The highest BCUT2D eigenvalue weighted by molar-refractivity contribution is 5.39. The fraction of sp³-hybridized carbons (Fsp3) is 0.647. The van der Waals surface area contributed by atoms with Gasteiger partial charge in [-0.3, -0.25) is 0 Å². The molecule has 0 aromatic heterocycles. The molecule has 0 amide bonds. The van der Waals surface area contributed by atoms with E-state index in [1.54, 1.807) is 0 Å². The van der Waals surface area contributed by atoms with Gasteiger partial charge in [-0.1, -0.05) is 6.07 Å². The molecule has 1 aromatic rings. The summed E-state index contributed by atoms with van der Waals surface area (Å²) in [5.74, 6) is 0.986. The van der Waals surface area contributed by atoms with E-state index < -0.39 is 0 Å². The van der Waals surface area contributed by atoms with Crippen molar-refractivity contribution in [3.8, 4) is 5.75 Å². The Morgan fingerprint density at radius 3 is 3.00 bits per heavy atom. The van der Waals surface area contributed by atoms with Crippen LogP contribution in [0.3, 0.4) is 0 Å². The fourth-order valence-electron chi connectivity index (χ4n) is 3.29. The smallest absolute Gasteiger partial charge is 0.119 e. The second kappa shape index (κ2) is 6.59. The SMILES string of the molecule is CNC1CCCc2ccc(OCC3CCCCO3)cc21. The Hall–Kier alpha value is -1.06. The molecule has 1 N–H and O–H groups in total. The lowest BCUT2D eigenvalue weighted by molar-refractivity contribution is -0.0110. The van der Waals surface area contributed by atoms with Crippen LogP contribution in [0, 0.1) is 0 Å². The first-order chi connectivity index (χ1) is 9.86. The largest absolute Gasteiger partial charge is 0.491 e. The van der Waals surface area contributed by atoms with Gasteiger partial charge in [-0.25, -0.2) is 0 Å². The van der Waals surface area contributed by atoms with Gasteiger partial charge in [0, 0.05) is 12.6 Å². The molecule has 1 fully saturated rings. The molecule has 1 aromatic carbocycles. The van der Waals surface area contributed by atoms with Crippen molar-refractivity contribution >= 4 is 0 Å². The van der Waals surface area contributed by atoms with Gasteiger partial charge in [0.2, 0.25) is 0 Å². The van der Waals surface area contributed by atoms with Crippen LogP contribution in [0.15, 0.2) is 18.2 Å². The Morgan fingerprint density at radius 2 is 2.20 bits per heavy atom. The molecule has 2 unspecified atom stereocenters. The predicted octanol–water partition coefficient (Wildman–Crippen LogP) is 3.23. The number of ether oxygens (including phenoxy) is 2. The summed E-state index contributed by atoms with van der Waals surface area (Å²) in [6, 6.07) is 7.04. The molecule has 110 valence electrons. The van der Waals surface area contributed by atoms with Crippen molar-refractivity contribution in [2.45, 2.75) is 50.7 Å². The number of aryl methyl sites for hydroxylation is 1. The van der Waals surface area contributed by atoms with Crippen molar-refractivity contribution in [1.29, 1.82) is 0 Å². The lowest BCUT2D eigenvalue weighted by atomic mass is 9.87. The zero-order valence-electron chi connectivity index (χ0n) is 12.4. The minimum Gasteiger partial charge on any atom is -0.491 e. The van der Waals surface area contributed by atoms with E-state index in [9.17, 15) is 0 Å². The number of rotatable bonds is 4. The first-order valence-corrected chi connectivity index (χ1v) is 7.91. The second-order valence-corrected chi connectivity index (χ2v) is 5.89. The Balaban J connectivity index is 1.65. The molecule has 3 nitrogen and oxygen atoms in total. The Labute approximate surface area is 121 Å². The van der Waals surface area contributed by atoms with Crippen molar-refractivity contribution in [3.05, 3.63) is 29.3 Å². The fourth-order valence-corrected chi connectivity index (χ4v) is 3.29. The van der Waals surface area contributed by atoms with E-state index in [1.165, 1.54) is 43.2 Å². The lowest BCUT2D eigenvalue weighted by Crippen LogP contribution is -2.26. The standard InChI is InChI=1S/C17H25NO2/c1-18-17-7-4-5-13-8-9-14(11-16(13)17)20-12-15-6-2-3-10-19-15/h8-9,11,15,17-18H,2-7,10,12H2,1H3. The van der Waals surface area contributed by atoms with Gasteiger partial charge in [-0.05, 0) is 68.8 Å². The van der Waals surface area contributed by atoms with Crippen LogP contribution in [0.5, 0.6) is 5.75 Å². The van der Waals surface area contributed by atoms with Gasteiger partial charge >= 0.3 is 0 Å². The third-order valence-corrected chi connectivity index (χ3v) is 4.49. The molecule has 2 atom stereocenters. The predicted molar refractivity (Wildman–Crippen MR) is 80.3 cm³/mol. The summed E-state index contributed by atoms with van der Waals surface area (Å²) in [6.45, 7) is 1.57. The van der Waals surface area contributed by atoms with Gasteiger partial charge in [0.25, 0.3) is 0 Å². The molecular formula is C17H25NO2. The number of nitrogens with one attached hydrogen (secondary N) is 1. The highest BCUT2D eigenvalue weighted by Gasteiger charge is 2.20. The van der Waals surface area contributed by atoms with Crippen LogP contribution in [-0.4, -0.2) is 26.4 Å². The molecule has 3 rings (SSSR count). The van der Waals surface area contributed by atoms with Crippen LogP contribution >= 0.6 is 0 Å². The van der Waals surface area contributed by atoms with Crippen molar-refractivity contribution in [2.75, 3.05) is 20.3 Å². The van der Waals surface area contributed by atoms with Crippen LogP contribution in [0.4, 0.5) is 0 Å². The van der Waals surface area contributed by atoms with Gasteiger partial charge in [-0.15, -0.1) is 0 Å². The maximum absolute atomic E-state index is 5.95. The van der Waals surface area contributed by atoms with Crippen molar-refractivity contribution < 1.29 is 9.47 Å². The summed E-state index contributed by atoms with van der Waals surface area (Å²) in [6.07, 6.45) is 7.55. The van der Waals surface area contributed by atoms with Crippen LogP contribution in [-0.2, 0) is 11.2 Å². The van der Waals surface area contributed by atoms with E-state index in [4.69, 9.17) is 9.47 Å². The molecule has 0 saturated carbocycles. The Bertz CT molecular complexity index is 441. The van der Waals surface area contributed by atoms with Crippen LogP contribution in [0.2, 0.25) is 0 Å². The first-order valence-electron chi connectivity index (χ1n) is 7.91. The highest BCUT2D eigenvalue weighted by atomic mass is 16.5. The molecule has 3 heteroatoms. The summed E-state index contributed by atoms with van der Waals surface area (Å²) >= 11 is 0. The quantitative estimate of drug-likeness (QED) is 0.915. The monoisotopic (exact) mass is 275 g/mol. The number of hydrogen-bond acceptors (Lipinski definition) is 3. The zero-order valence-corrected chi connectivity index (χ0v) is 12.4. The maximum Gasteiger partial charge on any atom is 0.119 e. The van der Waals surface area contributed by atoms with E-state index in [1.807, 2.05) is 7.05 Å². The third kappa shape index (κ3) is 3.15. The van der Waals surface area contributed by atoms with Crippen LogP contribution < -0.4 is 10.1 Å². The molecular weight excluding hydrogens is 250 g/mol. The molecule has 1 saturated heterocycles. The van der Waals surface area contributed by atoms with E-state index in [0.717, 1.165) is 18.8 Å². The normalized spacial score (nSPS) is 26.1. The molecule has 1 heterocycles. The average Bonchev–Trinajstić information content (AvgIpc) is 2.53. The molecule has 0 radical (unpaired) electrons. The van der Waals surface area contributed by atoms with Gasteiger partial charge < -0.3 is 14.8 Å². The highest BCUT2D eigenvalue weighted by Crippen LogP contribution is 2.32. The maximum atomic E-state index is 5.95. The van der Waals surface area contributed by atoms with Gasteiger partial charge in [0.05, 0.1) is 6.10 Å². The van der Waals surface area contributed by atoms with Gasteiger partial charge in [-0.2, -0.15) is 0 Å². The molecule has 1 aliphatic carbocycles. The van der Waals surface area contributed by atoms with E-state index in [-0.39, 0.29) is 6.10 Å². The summed E-state index contributed by atoms with van der Waals surface area (Å²) in [5.41, 5.74) is 2.89. The number of fused-ring (bicyclic) bond motifs is 1. The van der Waals surface area contributed by atoms with Crippen molar-refractivity contribution in [2.24, 2.45) is 0 Å². The summed E-state index contributed by atoms with van der Waals surface area (Å²) in [7, 11) is 2.04. The summed E-state index contributed by atoms with van der Waals surface area (Å²) in [5, 5.41) is 3.41. The Morgan fingerprint density at radius 1 is 1.25 bits per heavy atom. The average molecular weight is 275 g/mol. The molecule has 2 aliphatic rings. The minimum atomic E-state index is 0.278. The summed E-state index contributed by atoms with van der Waals surface area (Å²) in [4.78, 5) is 0. The van der Waals surface area contributed by atoms with Gasteiger partial charge in [0.15, 0.2) is 0 Å². The molecule has 20 heavy (non-hydrogen) atoms. The zero-order chi connectivity index (χ0) is 13.8. The van der Waals surface area contributed by atoms with Crippen molar-refractivity contribution in [3.63, 3.8) is 0 Å². The second-order valence-electron chi connectivity index (χ2n) is 5.89. The number of hydrogen-bond donors (Lipinski definition) is 1. The van der Waals surface area contributed by atoms with Crippen LogP contribution in [0.25, 0.3) is 0 Å². The third-order valence-electron chi connectivity index (χ3n) is 4.49. The van der Waals surface area contributed by atoms with Crippen LogP contribution in [0.1, 0.15) is 49.3 Å². The number of benzene rings is 1. The van der Waals surface area contributed by atoms with E-state index >= 15 is 0 Å². The molecule has 0 spiro atoms. The lowest BCUT2D eigenvalue weighted by Gasteiger charge is -2.26.